The predicted octanol–water partition coefficient (Wildman–Crippen LogP) is 0.767. The fraction of sp³-hybridized carbons (Fsp3) is 0.857. The largest absolute Gasteiger partial charge is 0.450 e. The fourth-order valence-electron chi connectivity index (χ4n) is 0.493. The first-order valence-corrected chi connectivity index (χ1v) is 3.64. The lowest BCUT2D eigenvalue weighted by Gasteiger charge is -2.09. The van der Waals surface area contributed by atoms with Gasteiger partial charge in [0.15, 0.2) is 0 Å². The average Bonchev–Trinajstić information content (AvgIpc) is 2.01. The molecule has 0 aromatic carbocycles. The van der Waals surface area contributed by atoms with Crippen molar-refractivity contribution in [2.45, 2.75) is 20.0 Å². The van der Waals surface area contributed by atoms with Crippen LogP contribution in [0.2, 0.25) is 0 Å². The molecule has 0 rings (SSSR count). The van der Waals surface area contributed by atoms with Crippen LogP contribution in [0.5, 0.6) is 0 Å². The summed E-state index contributed by atoms with van der Waals surface area (Å²) in [5, 5.41) is 2.55. The van der Waals surface area contributed by atoms with E-state index in [1.165, 1.54) is 0 Å². The molecule has 0 fully saturated rings. The summed E-state index contributed by atoms with van der Waals surface area (Å²) in [6, 6.07) is 0. The zero-order valence-corrected chi connectivity index (χ0v) is 7.22. The third-order valence-corrected chi connectivity index (χ3v) is 1.21. The van der Waals surface area contributed by atoms with Gasteiger partial charge < -0.3 is 14.8 Å². The lowest BCUT2D eigenvalue weighted by atomic mass is 10.4. The Labute approximate surface area is 66.9 Å². The summed E-state index contributed by atoms with van der Waals surface area (Å²) in [5.41, 5.74) is 0. The molecule has 4 nitrogen and oxygen atoms in total. The van der Waals surface area contributed by atoms with Gasteiger partial charge >= 0.3 is 6.09 Å². The van der Waals surface area contributed by atoms with E-state index in [9.17, 15) is 4.79 Å². The van der Waals surface area contributed by atoms with Crippen LogP contribution in [0.3, 0.4) is 0 Å². The van der Waals surface area contributed by atoms with Gasteiger partial charge in [0.05, 0.1) is 12.7 Å². The number of alkyl carbamates (subject to hydrolysis) is 1. The van der Waals surface area contributed by atoms with Crippen LogP contribution in [0.15, 0.2) is 0 Å². The van der Waals surface area contributed by atoms with Crippen molar-refractivity contribution >= 4 is 6.09 Å². The molecule has 0 heterocycles. The molecule has 0 aliphatic rings. The topological polar surface area (TPSA) is 47.6 Å². The molecular formula is C7H15NO3. The van der Waals surface area contributed by atoms with Crippen molar-refractivity contribution in [3.8, 4) is 0 Å². The van der Waals surface area contributed by atoms with E-state index in [0.29, 0.717) is 13.2 Å². The first-order chi connectivity index (χ1) is 5.20. The van der Waals surface area contributed by atoms with Gasteiger partial charge in [-0.15, -0.1) is 0 Å². The fourth-order valence-corrected chi connectivity index (χ4v) is 0.493. The monoisotopic (exact) mass is 161 g/mol. The van der Waals surface area contributed by atoms with Crippen LogP contribution in [0.1, 0.15) is 13.8 Å². The zero-order chi connectivity index (χ0) is 8.69. The number of hydrogen-bond donors (Lipinski definition) is 1. The summed E-state index contributed by atoms with van der Waals surface area (Å²) in [5.74, 6) is 0. The average molecular weight is 161 g/mol. The molecule has 0 aromatic heterocycles. The summed E-state index contributed by atoms with van der Waals surface area (Å²) in [6.45, 7) is 4.51. The molecular weight excluding hydrogens is 146 g/mol. The second kappa shape index (κ2) is 5.97. The summed E-state index contributed by atoms with van der Waals surface area (Å²) in [7, 11) is 1.59. The molecule has 4 heteroatoms. The molecule has 0 radical (unpaired) electrons. The number of ether oxygens (including phenoxy) is 2. The Morgan fingerprint density at radius 2 is 2.27 bits per heavy atom. The van der Waals surface area contributed by atoms with Gasteiger partial charge in [-0.3, -0.25) is 0 Å². The molecule has 1 atom stereocenters. The second-order valence-electron chi connectivity index (χ2n) is 2.15. The van der Waals surface area contributed by atoms with Crippen molar-refractivity contribution in [1.29, 1.82) is 0 Å². The zero-order valence-electron chi connectivity index (χ0n) is 7.22. The number of carbonyl (C=O) groups excluding carboxylic acids is 1. The standard InChI is InChI=1S/C7H15NO3/c1-4-11-7(9)8-5-6(2)10-3/h6H,4-5H2,1-3H3,(H,8,9). The van der Waals surface area contributed by atoms with Crippen molar-refractivity contribution in [2.24, 2.45) is 0 Å². The molecule has 1 amide bonds. The van der Waals surface area contributed by atoms with Crippen molar-refractivity contribution in [3.05, 3.63) is 0 Å². The summed E-state index contributed by atoms with van der Waals surface area (Å²) < 4.78 is 9.54. The van der Waals surface area contributed by atoms with Crippen LogP contribution in [-0.4, -0.2) is 32.5 Å². The summed E-state index contributed by atoms with van der Waals surface area (Å²) >= 11 is 0. The molecule has 0 aliphatic carbocycles. The first-order valence-electron chi connectivity index (χ1n) is 3.64. The summed E-state index contributed by atoms with van der Waals surface area (Å²) in [6.07, 6.45) is -0.365. The maximum atomic E-state index is 10.7. The van der Waals surface area contributed by atoms with Crippen LogP contribution < -0.4 is 5.32 Å². The number of rotatable bonds is 4. The van der Waals surface area contributed by atoms with Crippen LogP contribution >= 0.6 is 0 Å². The Balaban J connectivity index is 3.30. The van der Waals surface area contributed by atoms with Crippen molar-refractivity contribution in [2.75, 3.05) is 20.3 Å². The highest BCUT2D eigenvalue weighted by atomic mass is 16.5. The molecule has 11 heavy (non-hydrogen) atoms. The van der Waals surface area contributed by atoms with Crippen molar-refractivity contribution < 1.29 is 14.3 Å². The normalized spacial score (nSPS) is 12.3. The maximum Gasteiger partial charge on any atom is 0.407 e. The quantitative estimate of drug-likeness (QED) is 0.662. The number of amides is 1. The third-order valence-electron chi connectivity index (χ3n) is 1.21. The van der Waals surface area contributed by atoms with E-state index < -0.39 is 6.09 Å². The minimum atomic E-state index is -0.392. The first kappa shape index (κ1) is 10.2. The lowest BCUT2D eigenvalue weighted by molar-refractivity contribution is 0.108. The maximum absolute atomic E-state index is 10.7. The lowest BCUT2D eigenvalue weighted by Crippen LogP contribution is -2.31. The highest BCUT2D eigenvalue weighted by Gasteiger charge is 2.02. The van der Waals surface area contributed by atoms with Gasteiger partial charge in [0, 0.05) is 13.7 Å². The van der Waals surface area contributed by atoms with E-state index >= 15 is 0 Å². The molecule has 0 aromatic rings. The Morgan fingerprint density at radius 1 is 1.64 bits per heavy atom. The van der Waals surface area contributed by atoms with Gasteiger partial charge in [-0.25, -0.2) is 4.79 Å². The van der Waals surface area contributed by atoms with Crippen LogP contribution in [-0.2, 0) is 9.47 Å². The Hall–Kier alpha value is -0.770. The van der Waals surface area contributed by atoms with Gasteiger partial charge in [0.1, 0.15) is 0 Å². The molecule has 1 N–H and O–H groups in total. The van der Waals surface area contributed by atoms with Crippen molar-refractivity contribution in [3.63, 3.8) is 0 Å². The van der Waals surface area contributed by atoms with Crippen LogP contribution in [0.25, 0.3) is 0 Å². The third kappa shape index (κ3) is 5.66. The minimum absolute atomic E-state index is 0.0272. The van der Waals surface area contributed by atoms with E-state index in [1.54, 1.807) is 14.0 Å². The van der Waals surface area contributed by atoms with Gasteiger partial charge in [-0.1, -0.05) is 0 Å². The Kier molecular flexibility index (Phi) is 5.56. The second-order valence-corrected chi connectivity index (χ2v) is 2.15. The minimum Gasteiger partial charge on any atom is -0.450 e. The van der Waals surface area contributed by atoms with Crippen LogP contribution in [0, 0.1) is 0 Å². The van der Waals surface area contributed by atoms with Gasteiger partial charge in [0.2, 0.25) is 0 Å². The van der Waals surface area contributed by atoms with Crippen LogP contribution in [0.4, 0.5) is 4.79 Å². The molecule has 0 spiro atoms. The molecule has 66 valence electrons. The van der Waals surface area contributed by atoms with Gasteiger partial charge in [-0.05, 0) is 13.8 Å². The van der Waals surface area contributed by atoms with E-state index in [4.69, 9.17) is 4.74 Å². The molecule has 1 unspecified atom stereocenters. The van der Waals surface area contributed by atoms with Crippen molar-refractivity contribution in [1.82, 2.24) is 5.32 Å². The molecule has 0 saturated heterocycles. The molecule has 0 saturated carbocycles. The van der Waals surface area contributed by atoms with E-state index in [2.05, 4.69) is 10.1 Å². The highest BCUT2D eigenvalue weighted by molar-refractivity contribution is 5.67. The van der Waals surface area contributed by atoms with E-state index in [-0.39, 0.29) is 6.10 Å². The number of methoxy groups -OCH3 is 1. The Bertz CT molecular complexity index is 116. The molecule has 0 bridgehead atoms. The highest BCUT2D eigenvalue weighted by Crippen LogP contribution is 1.84. The SMILES string of the molecule is CCOC(=O)NCC(C)OC. The summed E-state index contributed by atoms with van der Waals surface area (Å²) in [4.78, 5) is 10.7. The predicted molar refractivity (Wildman–Crippen MR) is 41.5 cm³/mol. The smallest absolute Gasteiger partial charge is 0.407 e. The number of nitrogens with one attached hydrogen (secondary N) is 1. The van der Waals surface area contributed by atoms with Gasteiger partial charge in [0.25, 0.3) is 0 Å². The Morgan fingerprint density at radius 3 is 2.73 bits per heavy atom. The van der Waals surface area contributed by atoms with Gasteiger partial charge in [-0.2, -0.15) is 0 Å². The number of hydrogen-bond acceptors (Lipinski definition) is 3. The van der Waals surface area contributed by atoms with E-state index in [0.717, 1.165) is 0 Å². The van der Waals surface area contributed by atoms with E-state index in [1.807, 2.05) is 6.92 Å². The number of carbonyl (C=O) groups is 1. The molecule has 0 aliphatic heterocycles.